The first-order chi connectivity index (χ1) is 19.7. The molecule has 2 aliphatic carbocycles. The van der Waals surface area contributed by atoms with Crippen molar-refractivity contribution in [3.05, 3.63) is 52.4 Å². The number of piperazine rings is 1. The number of nitrogens with zero attached hydrogens (tertiary/aromatic N) is 3. The van der Waals surface area contributed by atoms with Crippen LogP contribution in [0.1, 0.15) is 55.7 Å². The maximum atomic E-state index is 13.9. The highest BCUT2D eigenvalue weighted by atomic mass is 35.5. The summed E-state index contributed by atoms with van der Waals surface area (Å²) >= 11 is 5.95. The van der Waals surface area contributed by atoms with Crippen molar-refractivity contribution in [1.82, 2.24) is 14.8 Å². The second-order valence-corrected chi connectivity index (χ2v) is 11.3. The zero-order valence-corrected chi connectivity index (χ0v) is 22.9. The molecule has 0 unspecified atom stereocenters. The molecule has 1 aromatic heterocycles. The lowest BCUT2D eigenvalue weighted by molar-refractivity contribution is -0.201. The molecule has 0 spiro atoms. The Labute approximate surface area is 242 Å². The number of carbonyl (C=O) groups is 4. The van der Waals surface area contributed by atoms with Crippen LogP contribution in [0.2, 0.25) is 5.02 Å². The topological polar surface area (TPSA) is 132 Å². The number of carboxylic acid groups (broad SMARTS) is 1. The van der Waals surface area contributed by atoms with E-state index in [2.05, 4.69) is 15.6 Å². The van der Waals surface area contributed by atoms with Crippen LogP contribution >= 0.6 is 11.6 Å². The van der Waals surface area contributed by atoms with E-state index in [4.69, 9.17) is 16.7 Å². The van der Waals surface area contributed by atoms with Gasteiger partial charge in [0.15, 0.2) is 0 Å². The molecule has 10 nitrogen and oxygen atoms in total. The Hall–Kier alpha value is -3.94. The Morgan fingerprint density at radius 1 is 1.07 bits per heavy atom. The van der Waals surface area contributed by atoms with Crippen molar-refractivity contribution >= 4 is 46.9 Å². The van der Waals surface area contributed by atoms with Gasteiger partial charge < -0.3 is 20.2 Å². The SMILES string of the molecule is C[C@@H]1CN(C(=O)C(=O)Nc2cnc(NC(=O)O)c(C3CC3)c2)[C@@H](c2ccc(F)c(Cl)c2)CN1C(=O)C1(C(F)(F)F)CC1. The van der Waals surface area contributed by atoms with Crippen molar-refractivity contribution in [3.8, 4) is 0 Å². The lowest BCUT2D eigenvalue weighted by atomic mass is 9.96. The molecule has 3 N–H and O–H groups in total. The molecular formula is C27H26ClF4N5O5. The maximum absolute atomic E-state index is 13.9. The van der Waals surface area contributed by atoms with Crippen molar-refractivity contribution in [3.63, 3.8) is 0 Å². The van der Waals surface area contributed by atoms with E-state index >= 15 is 0 Å². The van der Waals surface area contributed by atoms with Crippen molar-refractivity contribution < 1.29 is 41.8 Å². The molecule has 5 rings (SSSR count). The van der Waals surface area contributed by atoms with Crippen LogP contribution in [0.15, 0.2) is 30.5 Å². The summed E-state index contributed by atoms with van der Waals surface area (Å²) in [6.45, 7) is 0.830. The number of anilines is 2. The maximum Gasteiger partial charge on any atom is 0.410 e. The minimum Gasteiger partial charge on any atom is -0.465 e. The number of pyridine rings is 1. The van der Waals surface area contributed by atoms with E-state index in [1.807, 2.05) is 0 Å². The van der Waals surface area contributed by atoms with Gasteiger partial charge in [0, 0.05) is 24.7 Å². The van der Waals surface area contributed by atoms with E-state index in [-0.39, 0.29) is 53.9 Å². The van der Waals surface area contributed by atoms with Gasteiger partial charge in [0.05, 0.1) is 22.9 Å². The van der Waals surface area contributed by atoms with Gasteiger partial charge in [0.1, 0.15) is 17.1 Å². The molecule has 0 bridgehead atoms. The molecule has 0 radical (unpaired) electrons. The van der Waals surface area contributed by atoms with Gasteiger partial charge in [-0.1, -0.05) is 17.7 Å². The summed E-state index contributed by atoms with van der Waals surface area (Å²) in [6, 6.07) is 3.07. The number of hydrogen-bond acceptors (Lipinski definition) is 5. The fourth-order valence-electron chi connectivity index (χ4n) is 5.28. The van der Waals surface area contributed by atoms with Crippen LogP contribution in [0.5, 0.6) is 0 Å². The Kier molecular flexibility index (Phi) is 7.54. The smallest absolute Gasteiger partial charge is 0.410 e. The fourth-order valence-corrected chi connectivity index (χ4v) is 5.47. The second-order valence-electron chi connectivity index (χ2n) is 10.9. The molecule has 4 amide bonds. The second kappa shape index (κ2) is 10.7. The molecule has 42 heavy (non-hydrogen) atoms. The Morgan fingerprint density at radius 2 is 1.76 bits per heavy atom. The first-order valence-electron chi connectivity index (χ1n) is 13.2. The number of nitrogens with one attached hydrogen (secondary N) is 2. The van der Waals surface area contributed by atoms with Crippen LogP contribution in [-0.2, 0) is 14.4 Å². The van der Waals surface area contributed by atoms with Crippen molar-refractivity contribution in [1.29, 1.82) is 0 Å². The van der Waals surface area contributed by atoms with Gasteiger partial charge in [-0.15, -0.1) is 0 Å². The lowest BCUT2D eigenvalue weighted by Crippen LogP contribution is -2.60. The normalized spacial score (nSPS) is 21.5. The minimum atomic E-state index is -4.74. The Bertz CT molecular complexity index is 1460. The summed E-state index contributed by atoms with van der Waals surface area (Å²) in [5.74, 6) is -3.84. The molecule has 15 heteroatoms. The molecule has 1 aliphatic heterocycles. The van der Waals surface area contributed by atoms with Gasteiger partial charge >= 0.3 is 24.1 Å². The summed E-state index contributed by atoms with van der Waals surface area (Å²) < 4.78 is 55.2. The third kappa shape index (κ3) is 5.59. The standard InChI is InChI=1S/C27H26ClF4N5O5/c1-13-11-37(23(39)22(38)34-16-9-17(14-2-3-14)21(33-10-16)35-25(41)42)20(15-4-5-19(29)18(28)8-15)12-36(13)24(40)26(6-7-26)27(30,31)32/h4-5,8-10,13-14,20H,2-3,6-7,11-12H2,1H3,(H,33,35)(H,34,38)(H,41,42)/t13-,20-/m1/s1. The predicted octanol–water partition coefficient (Wildman–Crippen LogP) is 4.92. The molecule has 2 aromatic rings. The van der Waals surface area contributed by atoms with Crippen LogP contribution in [0.3, 0.4) is 0 Å². The number of rotatable bonds is 5. The molecule has 1 saturated heterocycles. The summed E-state index contributed by atoms with van der Waals surface area (Å²) in [5, 5.41) is 13.4. The van der Waals surface area contributed by atoms with Gasteiger partial charge in [-0.3, -0.25) is 19.7 Å². The predicted molar refractivity (Wildman–Crippen MR) is 141 cm³/mol. The Balaban J connectivity index is 1.41. The van der Waals surface area contributed by atoms with Gasteiger partial charge in [0.25, 0.3) is 0 Å². The number of hydrogen-bond donors (Lipinski definition) is 3. The van der Waals surface area contributed by atoms with E-state index < -0.39 is 53.3 Å². The quantitative estimate of drug-likeness (QED) is 0.325. The van der Waals surface area contributed by atoms with Gasteiger partial charge in [-0.25, -0.2) is 14.2 Å². The zero-order chi connectivity index (χ0) is 30.6. The van der Waals surface area contributed by atoms with E-state index in [9.17, 15) is 36.7 Å². The third-order valence-electron chi connectivity index (χ3n) is 7.90. The number of amides is 4. The van der Waals surface area contributed by atoms with E-state index in [1.165, 1.54) is 31.3 Å². The highest BCUT2D eigenvalue weighted by Crippen LogP contribution is 2.59. The largest absolute Gasteiger partial charge is 0.465 e. The van der Waals surface area contributed by atoms with E-state index in [1.54, 1.807) is 0 Å². The van der Waals surface area contributed by atoms with Crippen LogP contribution in [0.4, 0.5) is 33.9 Å². The molecule has 3 aliphatic rings. The molecule has 1 aromatic carbocycles. The van der Waals surface area contributed by atoms with Gasteiger partial charge in [-0.2, -0.15) is 13.2 Å². The molecule has 224 valence electrons. The Morgan fingerprint density at radius 3 is 2.33 bits per heavy atom. The molecular weight excluding hydrogens is 586 g/mol. The highest BCUT2D eigenvalue weighted by molar-refractivity contribution is 6.39. The minimum absolute atomic E-state index is 0.0393. The number of carbonyl (C=O) groups excluding carboxylic acids is 3. The summed E-state index contributed by atoms with van der Waals surface area (Å²) in [5.41, 5.74) is -1.56. The average Bonchev–Trinajstić information content (AvgIpc) is 3.83. The third-order valence-corrected chi connectivity index (χ3v) is 8.19. The number of benzene rings is 1. The molecule has 2 atom stereocenters. The average molecular weight is 612 g/mol. The van der Waals surface area contributed by atoms with Crippen molar-refractivity contribution in [2.24, 2.45) is 5.41 Å². The highest BCUT2D eigenvalue weighted by Gasteiger charge is 2.70. The van der Waals surface area contributed by atoms with Crippen molar-refractivity contribution in [2.75, 3.05) is 23.7 Å². The van der Waals surface area contributed by atoms with Crippen LogP contribution < -0.4 is 10.6 Å². The first-order valence-corrected chi connectivity index (χ1v) is 13.5. The molecule has 2 saturated carbocycles. The number of aromatic nitrogens is 1. The molecule has 3 fully saturated rings. The van der Waals surface area contributed by atoms with Crippen LogP contribution in [0, 0.1) is 11.2 Å². The van der Waals surface area contributed by atoms with Crippen LogP contribution in [0.25, 0.3) is 0 Å². The summed E-state index contributed by atoms with van der Waals surface area (Å²) in [4.78, 5) is 57.1. The number of alkyl halides is 3. The van der Waals surface area contributed by atoms with Crippen LogP contribution in [-0.4, -0.2) is 69.0 Å². The lowest BCUT2D eigenvalue weighted by Gasteiger charge is -2.46. The summed E-state index contributed by atoms with van der Waals surface area (Å²) in [6.07, 6.45) is -3.95. The van der Waals surface area contributed by atoms with Crippen molar-refractivity contribution in [2.45, 2.75) is 56.8 Å². The summed E-state index contributed by atoms with van der Waals surface area (Å²) in [7, 11) is 0. The van der Waals surface area contributed by atoms with E-state index in [0.717, 1.165) is 28.7 Å². The van der Waals surface area contributed by atoms with Gasteiger partial charge in [-0.05, 0) is 62.3 Å². The zero-order valence-electron chi connectivity index (χ0n) is 22.2. The molecule has 2 heterocycles. The monoisotopic (exact) mass is 611 g/mol. The number of halogens is 5. The van der Waals surface area contributed by atoms with E-state index in [0.29, 0.717) is 5.56 Å². The first kappa shape index (κ1) is 29.5. The van der Waals surface area contributed by atoms with Gasteiger partial charge in [0.2, 0.25) is 5.91 Å². The fraction of sp³-hybridized carbons (Fsp3) is 0.444.